The Morgan fingerprint density at radius 2 is 0.719 bits per heavy atom. The molecule has 1 rings (SSSR count). The van der Waals surface area contributed by atoms with Crippen molar-refractivity contribution in [3.63, 3.8) is 0 Å². The highest BCUT2D eigenvalue weighted by molar-refractivity contribution is 4.97. The minimum absolute atomic E-state index is 0.644. The van der Waals surface area contributed by atoms with Crippen LogP contribution in [-0.2, 0) is 0 Å². The van der Waals surface area contributed by atoms with Gasteiger partial charge in [-0.05, 0) is 25.7 Å². The lowest BCUT2D eigenvalue weighted by Gasteiger charge is -2.33. The highest BCUT2D eigenvalue weighted by Crippen LogP contribution is 2.23. The number of hydrogen-bond acceptors (Lipinski definition) is 2. The van der Waals surface area contributed by atoms with Gasteiger partial charge in [-0.15, -0.1) is 0 Å². The van der Waals surface area contributed by atoms with E-state index in [2.05, 4.69) is 43.0 Å². The fourth-order valence-corrected chi connectivity index (χ4v) is 5.13. The van der Waals surface area contributed by atoms with Gasteiger partial charge in [-0.1, -0.05) is 136 Å². The van der Waals surface area contributed by atoms with Crippen LogP contribution < -0.4 is 0 Å². The fourth-order valence-electron chi connectivity index (χ4n) is 5.13. The largest absolute Gasteiger partial charge is 0.356 e. The number of unbranched alkanes of at least 4 members (excludes halogenated alkanes) is 18. The van der Waals surface area contributed by atoms with Crippen molar-refractivity contribution in [2.24, 2.45) is 0 Å². The summed E-state index contributed by atoms with van der Waals surface area (Å²) in [5.74, 6) is 0. The van der Waals surface area contributed by atoms with Crippen molar-refractivity contribution in [1.82, 2.24) is 9.80 Å². The molecule has 0 radical (unpaired) electrons. The summed E-state index contributed by atoms with van der Waals surface area (Å²) in [4.78, 5) is 5.35. The molecule has 0 aliphatic carbocycles. The van der Waals surface area contributed by atoms with E-state index in [1.807, 2.05) is 0 Å². The van der Waals surface area contributed by atoms with Crippen LogP contribution in [0.5, 0.6) is 0 Å². The molecule has 0 fully saturated rings. The van der Waals surface area contributed by atoms with E-state index >= 15 is 0 Å². The first-order chi connectivity index (χ1) is 15.8. The van der Waals surface area contributed by atoms with Crippen molar-refractivity contribution < 1.29 is 0 Å². The Kier molecular flexibility index (Phi) is 20.3. The molecule has 1 aliphatic heterocycles. The smallest absolute Gasteiger partial charge is 0.101 e. The molecule has 1 atom stereocenters. The van der Waals surface area contributed by atoms with Gasteiger partial charge in [0, 0.05) is 25.5 Å². The number of rotatable bonds is 24. The normalized spacial score (nSPS) is 15.9. The van der Waals surface area contributed by atoms with E-state index in [0.29, 0.717) is 6.17 Å². The number of hydrogen-bond donors (Lipinski definition) is 0. The summed E-state index contributed by atoms with van der Waals surface area (Å²) in [5, 5.41) is 0. The third-order valence-corrected chi connectivity index (χ3v) is 7.32. The van der Waals surface area contributed by atoms with Gasteiger partial charge in [0.1, 0.15) is 6.17 Å². The van der Waals surface area contributed by atoms with Crippen molar-refractivity contribution in [3.05, 3.63) is 12.4 Å². The third kappa shape index (κ3) is 15.2. The first-order valence-corrected chi connectivity index (χ1v) is 15.0. The Morgan fingerprint density at radius 3 is 1.09 bits per heavy atom. The van der Waals surface area contributed by atoms with Gasteiger partial charge in [0.2, 0.25) is 0 Å². The second-order valence-corrected chi connectivity index (χ2v) is 10.4. The highest BCUT2D eigenvalue weighted by Gasteiger charge is 2.24. The molecule has 1 heterocycles. The lowest BCUT2D eigenvalue weighted by atomic mass is 10.1. The molecule has 0 N–H and O–H groups in total. The molecule has 1 aliphatic rings. The van der Waals surface area contributed by atoms with Crippen LogP contribution >= 0.6 is 0 Å². The predicted molar refractivity (Wildman–Crippen MR) is 145 cm³/mol. The van der Waals surface area contributed by atoms with Crippen molar-refractivity contribution in [3.8, 4) is 0 Å². The summed E-state index contributed by atoms with van der Waals surface area (Å²) in [6, 6.07) is 0. The topological polar surface area (TPSA) is 6.48 Å². The van der Waals surface area contributed by atoms with Crippen LogP contribution in [0.4, 0.5) is 0 Å². The SMILES string of the molecule is CCCCCCCCCCCCN1C=CN(CCCCCCCCC)C1CCCCCC. The molecule has 0 aromatic heterocycles. The summed E-state index contributed by atoms with van der Waals surface area (Å²) in [6.45, 7) is 9.46. The third-order valence-electron chi connectivity index (χ3n) is 7.32. The van der Waals surface area contributed by atoms with E-state index in [1.54, 1.807) is 0 Å². The molecule has 0 saturated carbocycles. The molecule has 2 nitrogen and oxygen atoms in total. The summed E-state index contributed by atoms with van der Waals surface area (Å²) in [5.41, 5.74) is 0. The number of nitrogens with zero attached hydrogens (tertiary/aromatic N) is 2. The van der Waals surface area contributed by atoms with E-state index < -0.39 is 0 Å². The second-order valence-electron chi connectivity index (χ2n) is 10.4. The van der Waals surface area contributed by atoms with Gasteiger partial charge in [-0.3, -0.25) is 0 Å². The quantitative estimate of drug-likeness (QED) is 0.135. The van der Waals surface area contributed by atoms with Gasteiger partial charge in [0.25, 0.3) is 0 Å². The summed E-state index contributed by atoms with van der Waals surface area (Å²) < 4.78 is 0. The molecule has 2 heteroatoms. The van der Waals surface area contributed by atoms with Crippen LogP contribution in [0.1, 0.15) is 162 Å². The summed E-state index contributed by atoms with van der Waals surface area (Å²) in [6.07, 6.45) is 36.5. The van der Waals surface area contributed by atoms with E-state index in [1.165, 1.54) is 154 Å². The molecule has 32 heavy (non-hydrogen) atoms. The zero-order chi connectivity index (χ0) is 23.1. The maximum atomic E-state index is 2.68. The summed E-state index contributed by atoms with van der Waals surface area (Å²) >= 11 is 0. The molecule has 0 aromatic rings. The first-order valence-electron chi connectivity index (χ1n) is 15.0. The van der Waals surface area contributed by atoms with Gasteiger partial charge in [0.15, 0.2) is 0 Å². The van der Waals surface area contributed by atoms with Crippen molar-refractivity contribution in [2.75, 3.05) is 13.1 Å². The lowest BCUT2D eigenvalue weighted by molar-refractivity contribution is 0.135. The van der Waals surface area contributed by atoms with Gasteiger partial charge < -0.3 is 9.80 Å². The van der Waals surface area contributed by atoms with E-state index in [4.69, 9.17) is 0 Å². The predicted octanol–water partition coefficient (Wildman–Crippen LogP) is 10.0. The first kappa shape index (κ1) is 29.4. The average Bonchev–Trinajstić information content (AvgIpc) is 3.19. The van der Waals surface area contributed by atoms with Gasteiger partial charge in [-0.2, -0.15) is 0 Å². The second kappa shape index (κ2) is 22.1. The van der Waals surface area contributed by atoms with Crippen LogP contribution in [0.15, 0.2) is 12.4 Å². The van der Waals surface area contributed by atoms with E-state index in [0.717, 1.165) is 0 Å². The fraction of sp³-hybridized carbons (Fsp3) is 0.933. The zero-order valence-corrected chi connectivity index (χ0v) is 22.6. The molecular weight excluding hydrogens is 388 g/mol. The van der Waals surface area contributed by atoms with Gasteiger partial charge >= 0.3 is 0 Å². The minimum Gasteiger partial charge on any atom is -0.356 e. The van der Waals surface area contributed by atoms with Crippen LogP contribution in [-0.4, -0.2) is 29.1 Å². The van der Waals surface area contributed by atoms with Crippen molar-refractivity contribution >= 4 is 0 Å². The van der Waals surface area contributed by atoms with Crippen LogP contribution in [0, 0.1) is 0 Å². The Balaban J connectivity index is 2.20. The molecule has 0 saturated heterocycles. The van der Waals surface area contributed by atoms with Gasteiger partial charge in [-0.25, -0.2) is 0 Å². The van der Waals surface area contributed by atoms with Crippen LogP contribution in [0.2, 0.25) is 0 Å². The maximum absolute atomic E-state index is 2.68. The van der Waals surface area contributed by atoms with Crippen molar-refractivity contribution in [1.29, 1.82) is 0 Å². The maximum Gasteiger partial charge on any atom is 0.101 e. The van der Waals surface area contributed by atoms with Crippen LogP contribution in [0.25, 0.3) is 0 Å². The minimum atomic E-state index is 0.644. The lowest BCUT2D eigenvalue weighted by Crippen LogP contribution is -2.39. The monoisotopic (exact) mass is 448 g/mol. The molecule has 190 valence electrons. The Hall–Kier alpha value is -0.660. The molecular formula is C30H60N2. The Morgan fingerprint density at radius 1 is 0.406 bits per heavy atom. The van der Waals surface area contributed by atoms with E-state index in [-0.39, 0.29) is 0 Å². The van der Waals surface area contributed by atoms with Crippen LogP contribution in [0.3, 0.4) is 0 Å². The van der Waals surface area contributed by atoms with Crippen molar-refractivity contribution in [2.45, 2.75) is 168 Å². The molecule has 0 spiro atoms. The molecule has 0 bridgehead atoms. The zero-order valence-electron chi connectivity index (χ0n) is 22.6. The molecule has 0 amide bonds. The van der Waals surface area contributed by atoms with Gasteiger partial charge in [0.05, 0.1) is 0 Å². The Bertz CT molecular complexity index is 406. The molecule has 1 unspecified atom stereocenters. The molecule has 0 aromatic carbocycles. The standard InChI is InChI=1S/C30H60N2/c1-4-7-10-13-15-16-17-19-21-24-27-32-29-28-31(30(32)25-22-12-9-6-3)26-23-20-18-14-11-8-5-2/h28-30H,4-27H2,1-3H3. The average molecular weight is 449 g/mol. The summed E-state index contributed by atoms with van der Waals surface area (Å²) in [7, 11) is 0. The highest BCUT2D eigenvalue weighted by atomic mass is 15.4. The van der Waals surface area contributed by atoms with E-state index in [9.17, 15) is 0 Å². The Labute approximate surface area is 203 Å².